The molecule has 5 nitrogen and oxygen atoms in total. The normalized spacial score (nSPS) is 20.6. The second-order valence-electron chi connectivity index (χ2n) is 6.83. The molecule has 2 atom stereocenters. The van der Waals surface area contributed by atoms with Crippen LogP contribution in [0.2, 0.25) is 10.0 Å². The monoisotopic (exact) mass is 462 g/mol. The van der Waals surface area contributed by atoms with Crippen molar-refractivity contribution in [1.82, 2.24) is 15.2 Å². The van der Waals surface area contributed by atoms with E-state index >= 15 is 0 Å². The summed E-state index contributed by atoms with van der Waals surface area (Å²) in [5.41, 5.74) is 1.31. The van der Waals surface area contributed by atoms with E-state index in [0.29, 0.717) is 33.5 Å². The van der Waals surface area contributed by atoms with Gasteiger partial charge in [0, 0.05) is 37.1 Å². The smallest absolute Gasteiger partial charge is 0.257 e. The molecule has 9 heteroatoms. The number of pyridine rings is 1. The van der Waals surface area contributed by atoms with Crippen LogP contribution in [0.25, 0.3) is 0 Å². The van der Waals surface area contributed by atoms with Gasteiger partial charge in [-0.2, -0.15) is 0 Å². The summed E-state index contributed by atoms with van der Waals surface area (Å²) in [6.07, 6.45) is 5.01. The minimum Gasteiger partial charge on any atom is -0.340 e. The van der Waals surface area contributed by atoms with Crippen molar-refractivity contribution in [3.8, 4) is 0 Å². The number of likely N-dealkylation sites (tertiary alicyclic amines) is 1. The SMILES string of the molecule is Cl.Cl.O=C(c1cccnc1Nc1ccc(Cl)c(Cl)c1)N1CCC2CCC(C1)N2. The minimum atomic E-state index is 0. The van der Waals surface area contributed by atoms with Crippen molar-refractivity contribution in [2.24, 2.45) is 0 Å². The summed E-state index contributed by atoms with van der Waals surface area (Å²) in [5.74, 6) is 0.535. The number of nitrogens with zero attached hydrogens (tertiary/aromatic N) is 2. The Labute approximate surface area is 187 Å². The molecule has 2 aliphatic rings. The van der Waals surface area contributed by atoms with Gasteiger partial charge in [0.15, 0.2) is 0 Å². The Morgan fingerprint density at radius 1 is 1.11 bits per heavy atom. The molecule has 152 valence electrons. The quantitative estimate of drug-likeness (QED) is 0.676. The zero-order chi connectivity index (χ0) is 18.1. The molecule has 3 heterocycles. The van der Waals surface area contributed by atoms with Gasteiger partial charge in [-0.05, 0) is 49.6 Å². The number of hydrogen-bond donors (Lipinski definition) is 2. The molecular weight excluding hydrogens is 442 g/mol. The van der Waals surface area contributed by atoms with E-state index in [1.54, 1.807) is 24.4 Å². The predicted molar refractivity (Wildman–Crippen MR) is 119 cm³/mol. The van der Waals surface area contributed by atoms with Crippen LogP contribution in [0.5, 0.6) is 0 Å². The first-order valence-electron chi connectivity index (χ1n) is 8.82. The fraction of sp³-hybridized carbons (Fsp3) is 0.368. The summed E-state index contributed by atoms with van der Waals surface area (Å²) >= 11 is 12.1. The molecular formula is C19H22Cl4N4O. The molecule has 0 spiro atoms. The van der Waals surface area contributed by atoms with E-state index in [0.717, 1.165) is 31.6 Å². The largest absolute Gasteiger partial charge is 0.340 e. The molecule has 2 aromatic rings. The molecule has 1 aromatic carbocycles. The van der Waals surface area contributed by atoms with E-state index in [4.69, 9.17) is 23.2 Å². The van der Waals surface area contributed by atoms with Gasteiger partial charge in [0.2, 0.25) is 0 Å². The van der Waals surface area contributed by atoms with Crippen LogP contribution < -0.4 is 10.6 Å². The molecule has 2 N–H and O–H groups in total. The maximum atomic E-state index is 13.1. The van der Waals surface area contributed by atoms with E-state index in [1.165, 1.54) is 6.42 Å². The van der Waals surface area contributed by atoms with Crippen LogP contribution in [0.3, 0.4) is 0 Å². The Balaban J connectivity index is 0.00000140. The standard InChI is InChI=1S/C19H20Cl2N4O.2ClH/c20-16-6-5-13(10-17(16)21)24-18-15(2-1-8-22-18)19(26)25-9-7-12-3-4-14(11-25)23-12;;/h1-2,5-6,8,10,12,14,23H,3-4,7,9,11H2,(H,22,24);2*1H. The van der Waals surface area contributed by atoms with Crippen molar-refractivity contribution in [3.05, 3.63) is 52.1 Å². The van der Waals surface area contributed by atoms with Crippen molar-refractivity contribution < 1.29 is 4.79 Å². The number of amides is 1. The number of nitrogens with one attached hydrogen (secondary N) is 2. The highest BCUT2D eigenvalue weighted by Crippen LogP contribution is 2.28. The average Bonchev–Trinajstić information content (AvgIpc) is 2.97. The summed E-state index contributed by atoms with van der Waals surface area (Å²) in [5, 5.41) is 7.74. The zero-order valence-corrected chi connectivity index (χ0v) is 18.2. The molecule has 4 rings (SSSR count). The lowest BCUT2D eigenvalue weighted by Crippen LogP contribution is -2.39. The van der Waals surface area contributed by atoms with Crippen molar-refractivity contribution in [2.75, 3.05) is 18.4 Å². The molecule has 2 unspecified atom stereocenters. The lowest BCUT2D eigenvalue weighted by Gasteiger charge is -2.25. The number of halogens is 4. The number of aromatic nitrogens is 1. The third kappa shape index (κ3) is 5.02. The van der Waals surface area contributed by atoms with Gasteiger partial charge in [0.05, 0.1) is 15.6 Å². The van der Waals surface area contributed by atoms with Crippen LogP contribution in [0.15, 0.2) is 36.5 Å². The average molecular weight is 464 g/mol. The second-order valence-corrected chi connectivity index (χ2v) is 7.65. The van der Waals surface area contributed by atoms with Gasteiger partial charge in [-0.25, -0.2) is 4.98 Å². The summed E-state index contributed by atoms with van der Waals surface area (Å²) in [6.45, 7) is 1.52. The van der Waals surface area contributed by atoms with Gasteiger partial charge in [-0.3, -0.25) is 4.79 Å². The van der Waals surface area contributed by atoms with Crippen molar-refractivity contribution in [1.29, 1.82) is 0 Å². The molecule has 1 amide bonds. The molecule has 2 fully saturated rings. The molecule has 2 saturated heterocycles. The van der Waals surface area contributed by atoms with E-state index in [2.05, 4.69) is 15.6 Å². The number of anilines is 2. The summed E-state index contributed by atoms with van der Waals surface area (Å²) in [6, 6.07) is 9.79. The molecule has 2 aliphatic heterocycles. The van der Waals surface area contributed by atoms with Crippen LogP contribution >= 0.6 is 48.0 Å². The minimum absolute atomic E-state index is 0. The van der Waals surface area contributed by atoms with Crippen molar-refractivity contribution >= 4 is 65.4 Å². The molecule has 2 bridgehead atoms. The first-order valence-corrected chi connectivity index (χ1v) is 9.58. The number of fused-ring (bicyclic) bond motifs is 2. The highest BCUT2D eigenvalue weighted by molar-refractivity contribution is 6.42. The van der Waals surface area contributed by atoms with Gasteiger partial charge in [-0.1, -0.05) is 23.2 Å². The Bertz CT molecular complexity index is 835. The Morgan fingerprint density at radius 2 is 1.89 bits per heavy atom. The molecule has 1 aromatic heterocycles. The van der Waals surface area contributed by atoms with Gasteiger partial charge < -0.3 is 15.5 Å². The molecule has 28 heavy (non-hydrogen) atoms. The van der Waals surface area contributed by atoms with Gasteiger partial charge in [0.25, 0.3) is 5.91 Å². The van der Waals surface area contributed by atoms with Crippen molar-refractivity contribution in [3.63, 3.8) is 0 Å². The zero-order valence-electron chi connectivity index (χ0n) is 15.0. The van der Waals surface area contributed by atoms with E-state index in [9.17, 15) is 4.79 Å². The molecule has 0 saturated carbocycles. The van der Waals surface area contributed by atoms with E-state index < -0.39 is 0 Å². The van der Waals surface area contributed by atoms with Crippen molar-refractivity contribution in [2.45, 2.75) is 31.3 Å². The first kappa shape index (κ1) is 23.0. The van der Waals surface area contributed by atoms with Gasteiger partial charge in [-0.15, -0.1) is 24.8 Å². The fourth-order valence-electron chi connectivity index (χ4n) is 3.69. The van der Waals surface area contributed by atoms with Gasteiger partial charge >= 0.3 is 0 Å². The third-order valence-corrected chi connectivity index (χ3v) is 5.77. The van der Waals surface area contributed by atoms with E-state index in [-0.39, 0.29) is 30.7 Å². The first-order chi connectivity index (χ1) is 12.6. The Morgan fingerprint density at radius 3 is 2.68 bits per heavy atom. The maximum Gasteiger partial charge on any atom is 0.257 e. The third-order valence-electron chi connectivity index (χ3n) is 5.03. The Kier molecular flexibility index (Phi) is 8.22. The van der Waals surface area contributed by atoms with Crippen LogP contribution in [-0.4, -0.2) is 41.0 Å². The summed E-state index contributed by atoms with van der Waals surface area (Å²) < 4.78 is 0. The number of benzene rings is 1. The predicted octanol–water partition coefficient (Wildman–Crippen LogP) is 4.94. The molecule has 0 aliphatic carbocycles. The number of carbonyl (C=O) groups is 1. The highest BCUT2D eigenvalue weighted by atomic mass is 35.5. The Hall–Kier alpha value is -1.24. The number of rotatable bonds is 3. The second kappa shape index (κ2) is 9.99. The number of carbonyl (C=O) groups excluding carboxylic acids is 1. The van der Waals surface area contributed by atoms with Gasteiger partial charge in [0.1, 0.15) is 5.82 Å². The topological polar surface area (TPSA) is 57.3 Å². The highest BCUT2D eigenvalue weighted by Gasteiger charge is 2.32. The van der Waals surface area contributed by atoms with Crippen LogP contribution in [-0.2, 0) is 0 Å². The maximum absolute atomic E-state index is 13.1. The molecule has 0 radical (unpaired) electrons. The lowest BCUT2D eigenvalue weighted by atomic mass is 10.1. The van der Waals surface area contributed by atoms with Crippen LogP contribution in [0.4, 0.5) is 11.5 Å². The summed E-state index contributed by atoms with van der Waals surface area (Å²) in [7, 11) is 0. The van der Waals surface area contributed by atoms with Crippen LogP contribution in [0, 0.1) is 0 Å². The van der Waals surface area contributed by atoms with Crippen LogP contribution in [0.1, 0.15) is 29.6 Å². The number of hydrogen-bond acceptors (Lipinski definition) is 4. The lowest BCUT2D eigenvalue weighted by molar-refractivity contribution is 0.0749. The summed E-state index contributed by atoms with van der Waals surface area (Å²) in [4.78, 5) is 19.4. The van der Waals surface area contributed by atoms with E-state index in [1.807, 2.05) is 17.0 Å². The fourth-order valence-corrected chi connectivity index (χ4v) is 3.98.